The molecule has 1 aliphatic rings. The Morgan fingerprint density at radius 3 is 1.91 bits per heavy atom. The molecular weight excluding hydrogens is 527 g/mol. The Labute approximate surface area is 223 Å². The second-order valence-electron chi connectivity index (χ2n) is 8.15. The van der Waals surface area contributed by atoms with Gasteiger partial charge in [0.2, 0.25) is 0 Å². The van der Waals surface area contributed by atoms with Gasteiger partial charge in [-0.3, -0.25) is 6.08 Å². The van der Waals surface area contributed by atoms with Crippen LogP contribution in [-0.4, -0.2) is 5.43 Å². The summed E-state index contributed by atoms with van der Waals surface area (Å²) < 4.78 is 0. The predicted molar refractivity (Wildman–Crippen MR) is 146 cm³/mol. The number of fused-ring (bicyclic) bond motifs is 1. The summed E-state index contributed by atoms with van der Waals surface area (Å²) in [6.45, 7) is 15.5. The van der Waals surface area contributed by atoms with Crippen LogP contribution in [0.5, 0.6) is 0 Å². The topological polar surface area (TPSA) is 0 Å². The van der Waals surface area contributed by atoms with Crippen LogP contribution >= 0.6 is 24.8 Å². The van der Waals surface area contributed by atoms with Crippen LogP contribution in [0.15, 0.2) is 77.4 Å². The van der Waals surface area contributed by atoms with Gasteiger partial charge in [0, 0.05) is 0 Å². The Morgan fingerprint density at radius 1 is 0.938 bits per heavy atom. The van der Waals surface area contributed by atoms with Crippen molar-refractivity contribution in [2.24, 2.45) is 5.92 Å². The number of benzene rings is 2. The van der Waals surface area contributed by atoms with Gasteiger partial charge < -0.3 is 0 Å². The van der Waals surface area contributed by atoms with Crippen LogP contribution in [0, 0.1) is 12.0 Å². The van der Waals surface area contributed by atoms with Crippen molar-refractivity contribution in [3.8, 4) is 11.1 Å². The molecule has 0 saturated heterocycles. The zero-order chi connectivity index (χ0) is 22.3. The van der Waals surface area contributed by atoms with Gasteiger partial charge in [0.25, 0.3) is 0 Å². The fraction of sp³-hybridized carbons (Fsp3) is 0.321. The molecular formula is C28H36Cl2SiZr. The molecule has 0 radical (unpaired) electrons. The minimum atomic E-state index is 0. The van der Waals surface area contributed by atoms with Crippen LogP contribution in [0.3, 0.4) is 0 Å². The van der Waals surface area contributed by atoms with E-state index < -0.39 is 0 Å². The minimum absolute atomic E-state index is 0. The normalized spacial score (nSPS) is 14.3. The first kappa shape index (κ1) is 31.2. The maximum Gasteiger partial charge on any atom is -0.147 e. The van der Waals surface area contributed by atoms with Crippen LogP contribution in [0.1, 0.15) is 40.2 Å². The fourth-order valence-electron chi connectivity index (χ4n) is 3.67. The van der Waals surface area contributed by atoms with Crippen molar-refractivity contribution in [2.75, 3.05) is 0 Å². The molecule has 0 nitrogen and oxygen atoms in total. The monoisotopic (exact) mass is 560 g/mol. The summed E-state index contributed by atoms with van der Waals surface area (Å²) in [5, 5.41) is 2.72. The molecule has 32 heavy (non-hydrogen) atoms. The molecule has 4 heteroatoms. The molecule has 0 N–H and O–H groups in total. The quantitative estimate of drug-likeness (QED) is 0.216. The van der Waals surface area contributed by atoms with E-state index in [1.54, 1.807) is 23.3 Å². The smallest absolute Gasteiger partial charge is 0.147 e. The fourth-order valence-corrected chi connectivity index (χ4v) is 3.67. The van der Waals surface area contributed by atoms with E-state index in [0.29, 0.717) is 5.92 Å². The number of hydrogen-bond acceptors (Lipinski definition) is 0. The maximum absolute atomic E-state index is 3.36. The second kappa shape index (κ2) is 15.2. The average Bonchev–Trinajstić information content (AvgIpc) is 3.21. The van der Waals surface area contributed by atoms with E-state index in [9.17, 15) is 0 Å². The van der Waals surface area contributed by atoms with Gasteiger partial charge in [-0.1, -0.05) is 75.6 Å². The largest absolute Gasteiger partial charge is 0.147 e. The Bertz CT molecular complexity index is 1060. The third-order valence-corrected chi connectivity index (χ3v) is 5.56. The van der Waals surface area contributed by atoms with Gasteiger partial charge in [-0.2, -0.15) is 11.1 Å². The van der Waals surface area contributed by atoms with Crippen molar-refractivity contribution in [3.05, 3.63) is 89.0 Å². The van der Waals surface area contributed by atoms with Crippen LogP contribution < -0.4 is 0 Å². The van der Waals surface area contributed by atoms with Crippen molar-refractivity contribution in [3.63, 3.8) is 0 Å². The molecule has 3 aromatic rings. The Hall–Kier alpha value is -0.790. The molecule has 0 aliphatic heterocycles. The molecule has 0 amide bonds. The van der Waals surface area contributed by atoms with E-state index in [2.05, 4.69) is 114 Å². The van der Waals surface area contributed by atoms with E-state index in [-0.39, 0.29) is 30.2 Å². The van der Waals surface area contributed by atoms with Gasteiger partial charge in [0.15, 0.2) is 0 Å². The van der Waals surface area contributed by atoms with Gasteiger partial charge in [0.1, 0.15) is 0 Å². The molecule has 170 valence electrons. The molecule has 3 aromatic carbocycles. The van der Waals surface area contributed by atoms with Gasteiger partial charge in [0.05, 0.1) is 0 Å². The predicted octanol–water partition coefficient (Wildman–Crippen LogP) is 9.14. The molecule has 0 aromatic heterocycles. The van der Waals surface area contributed by atoms with E-state index in [0.717, 1.165) is 6.42 Å². The van der Waals surface area contributed by atoms with Crippen molar-refractivity contribution < 1.29 is 23.3 Å². The zero-order valence-corrected chi connectivity index (χ0v) is 25.5. The summed E-state index contributed by atoms with van der Waals surface area (Å²) in [7, 11) is 0. The van der Waals surface area contributed by atoms with Crippen molar-refractivity contribution >= 4 is 41.0 Å². The number of rotatable bonds is 2. The molecule has 0 fully saturated rings. The summed E-state index contributed by atoms with van der Waals surface area (Å²) in [6.07, 6.45) is 4.44. The first-order chi connectivity index (χ1) is 14.3. The number of allylic oxidation sites excluding steroid dienone is 4. The van der Waals surface area contributed by atoms with E-state index in [1.165, 1.54) is 44.2 Å². The summed E-state index contributed by atoms with van der Waals surface area (Å²) in [5.74, 6) is 0.560. The van der Waals surface area contributed by atoms with Gasteiger partial charge in [-0.25, -0.2) is 5.57 Å². The third kappa shape index (κ3) is 8.53. The molecule has 1 aliphatic carbocycles. The molecule has 0 heterocycles. The van der Waals surface area contributed by atoms with Crippen molar-refractivity contribution in [1.82, 2.24) is 0 Å². The molecule has 1 atom stereocenters. The van der Waals surface area contributed by atoms with Gasteiger partial charge in [-0.15, -0.1) is 77.9 Å². The van der Waals surface area contributed by atoms with Gasteiger partial charge in [-0.05, 0) is 6.42 Å². The first-order valence-corrected chi connectivity index (χ1v) is 17.0. The SMILES string of the molecule is CC1=[C-]C(C)C(C)=C1C.CCc1[cH-]c2ccccc2c1-c1ccccc1.C[Si](C)=[Zr+2].Cl.Cl. The molecule has 0 bridgehead atoms. The van der Waals surface area contributed by atoms with E-state index >= 15 is 0 Å². The molecule has 0 spiro atoms. The minimum Gasteiger partial charge on any atom is -0.147 e. The summed E-state index contributed by atoms with van der Waals surface area (Å²) >= 11 is 1.74. The van der Waals surface area contributed by atoms with Crippen LogP contribution in [0.4, 0.5) is 0 Å². The van der Waals surface area contributed by atoms with Crippen LogP contribution in [-0.2, 0) is 29.8 Å². The number of halogens is 2. The average molecular weight is 563 g/mol. The maximum atomic E-state index is 3.36. The summed E-state index contributed by atoms with van der Waals surface area (Å²) in [5.41, 5.74) is 8.63. The number of aryl methyl sites for hydroxylation is 1. The van der Waals surface area contributed by atoms with E-state index in [1.807, 2.05) is 0 Å². The van der Waals surface area contributed by atoms with Crippen molar-refractivity contribution in [2.45, 2.75) is 54.1 Å². The van der Waals surface area contributed by atoms with Crippen LogP contribution in [0.2, 0.25) is 13.1 Å². The summed E-state index contributed by atoms with van der Waals surface area (Å²) in [4.78, 5) is 0. The first-order valence-electron chi connectivity index (χ1n) is 10.8. The molecule has 1 unspecified atom stereocenters. The standard InChI is InChI=1S/C17H15.C9H13.C2H6Si.2ClH.Zr/c1-2-13-12-15-10-6-7-11-16(15)17(13)14-8-4-3-5-9-14;1-6-5-7(2)9(4)8(6)3;1-3-2;;;/h3-12H,2H2,1H3;6H,1-4H3;1-2H3;2*1H;/q2*-1;;;;+2. The second-order valence-corrected chi connectivity index (χ2v) is 17.5. The Morgan fingerprint density at radius 2 is 1.47 bits per heavy atom. The van der Waals surface area contributed by atoms with Crippen molar-refractivity contribution in [1.29, 1.82) is 0 Å². The number of hydrogen-bond donors (Lipinski definition) is 0. The zero-order valence-electron chi connectivity index (χ0n) is 20.4. The van der Waals surface area contributed by atoms with Gasteiger partial charge >= 0.3 is 41.9 Å². The molecule has 4 rings (SSSR count). The van der Waals surface area contributed by atoms with Crippen LogP contribution in [0.25, 0.3) is 21.9 Å². The third-order valence-electron chi connectivity index (χ3n) is 5.56. The van der Waals surface area contributed by atoms with E-state index in [4.69, 9.17) is 0 Å². The Balaban J connectivity index is 0.000000547. The molecule has 0 saturated carbocycles. The summed E-state index contributed by atoms with van der Waals surface area (Å²) in [6, 6.07) is 21.6. The Kier molecular flexibility index (Phi) is 14.8.